The van der Waals surface area contributed by atoms with E-state index in [1.807, 2.05) is 0 Å². The van der Waals surface area contributed by atoms with Crippen LogP contribution in [0.15, 0.2) is 21.5 Å². The van der Waals surface area contributed by atoms with Gasteiger partial charge in [-0.3, -0.25) is 0 Å². The molecule has 1 aliphatic heterocycles. The zero-order valence-corrected chi connectivity index (χ0v) is 13.7. The summed E-state index contributed by atoms with van der Waals surface area (Å²) >= 11 is 3.30. The Labute approximate surface area is 127 Å². The Bertz CT molecular complexity index is 606. The van der Waals surface area contributed by atoms with Crippen LogP contribution in [0.2, 0.25) is 0 Å². The Morgan fingerprint density at radius 3 is 2.45 bits per heavy atom. The van der Waals surface area contributed by atoms with Gasteiger partial charge in [-0.05, 0) is 28.4 Å². The first-order valence-electron chi connectivity index (χ1n) is 6.07. The van der Waals surface area contributed by atoms with Gasteiger partial charge in [-0.1, -0.05) is 0 Å². The molecule has 0 bridgehead atoms. The zero-order chi connectivity index (χ0) is 14.9. The maximum Gasteiger partial charge on any atom is 0.246 e. The van der Waals surface area contributed by atoms with Gasteiger partial charge in [-0.2, -0.15) is 4.31 Å². The summed E-state index contributed by atoms with van der Waals surface area (Å²) in [5, 5.41) is 0. The van der Waals surface area contributed by atoms with E-state index in [2.05, 4.69) is 15.9 Å². The Morgan fingerprint density at radius 2 is 1.95 bits per heavy atom. The minimum absolute atomic E-state index is 0.113. The van der Waals surface area contributed by atoms with E-state index >= 15 is 0 Å². The Morgan fingerprint density at radius 1 is 1.30 bits per heavy atom. The predicted molar refractivity (Wildman–Crippen MR) is 78.6 cm³/mol. The van der Waals surface area contributed by atoms with Crippen LogP contribution in [0, 0.1) is 0 Å². The first-order valence-corrected chi connectivity index (χ1v) is 8.30. The molecule has 8 heteroatoms. The van der Waals surface area contributed by atoms with E-state index in [4.69, 9.17) is 15.2 Å². The molecule has 0 saturated carbocycles. The van der Waals surface area contributed by atoms with Gasteiger partial charge < -0.3 is 15.2 Å². The van der Waals surface area contributed by atoms with Crippen molar-refractivity contribution in [2.75, 3.05) is 27.3 Å². The summed E-state index contributed by atoms with van der Waals surface area (Å²) in [6.45, 7) is 0.755. The summed E-state index contributed by atoms with van der Waals surface area (Å²) < 4.78 is 37.5. The Balaban J connectivity index is 2.48. The summed E-state index contributed by atoms with van der Waals surface area (Å²) in [6.07, 6.45) is 0.666. The lowest BCUT2D eigenvalue weighted by molar-refractivity contribution is 0.382. The maximum atomic E-state index is 12.6. The second-order valence-electron chi connectivity index (χ2n) is 4.55. The number of sulfonamides is 1. The average molecular weight is 365 g/mol. The largest absolute Gasteiger partial charge is 0.495 e. The van der Waals surface area contributed by atoms with Gasteiger partial charge in [0.15, 0.2) is 0 Å². The zero-order valence-electron chi connectivity index (χ0n) is 11.3. The van der Waals surface area contributed by atoms with Crippen molar-refractivity contribution in [3.05, 3.63) is 16.6 Å². The second-order valence-corrected chi connectivity index (χ2v) is 7.31. The van der Waals surface area contributed by atoms with Crippen molar-refractivity contribution in [2.45, 2.75) is 17.4 Å². The van der Waals surface area contributed by atoms with Crippen LogP contribution >= 0.6 is 15.9 Å². The maximum absolute atomic E-state index is 12.6. The molecule has 112 valence electrons. The molecule has 1 heterocycles. The van der Waals surface area contributed by atoms with Crippen LogP contribution in [0.5, 0.6) is 11.5 Å². The summed E-state index contributed by atoms with van der Waals surface area (Å²) in [5.74, 6) is 0.768. The average Bonchev–Trinajstić information content (AvgIpc) is 2.85. The lowest BCUT2D eigenvalue weighted by atomic mass is 10.3. The first kappa shape index (κ1) is 15.6. The molecule has 0 spiro atoms. The number of ether oxygens (including phenoxy) is 2. The van der Waals surface area contributed by atoms with Gasteiger partial charge in [0, 0.05) is 25.2 Å². The van der Waals surface area contributed by atoms with E-state index in [0.29, 0.717) is 29.7 Å². The fraction of sp³-hybridized carbons (Fsp3) is 0.500. The van der Waals surface area contributed by atoms with Crippen molar-refractivity contribution in [1.82, 2.24) is 4.31 Å². The quantitative estimate of drug-likeness (QED) is 0.867. The van der Waals surface area contributed by atoms with Crippen molar-refractivity contribution in [3.63, 3.8) is 0 Å². The van der Waals surface area contributed by atoms with Crippen molar-refractivity contribution in [3.8, 4) is 11.5 Å². The summed E-state index contributed by atoms with van der Waals surface area (Å²) in [4.78, 5) is 0.113. The highest BCUT2D eigenvalue weighted by Crippen LogP contribution is 2.37. The normalized spacial score (nSPS) is 20.1. The van der Waals surface area contributed by atoms with Crippen LogP contribution in [0.25, 0.3) is 0 Å². The van der Waals surface area contributed by atoms with Gasteiger partial charge in [0.25, 0.3) is 0 Å². The predicted octanol–water partition coefficient (Wildman–Crippen LogP) is 1.19. The van der Waals surface area contributed by atoms with Crippen LogP contribution in [0.1, 0.15) is 6.42 Å². The van der Waals surface area contributed by atoms with Crippen LogP contribution in [-0.2, 0) is 10.0 Å². The molecule has 2 N–H and O–H groups in total. The fourth-order valence-electron chi connectivity index (χ4n) is 2.15. The molecule has 20 heavy (non-hydrogen) atoms. The molecule has 1 aromatic rings. The van der Waals surface area contributed by atoms with Crippen LogP contribution in [-0.4, -0.2) is 46.1 Å². The highest BCUT2D eigenvalue weighted by atomic mass is 79.9. The topological polar surface area (TPSA) is 81.9 Å². The van der Waals surface area contributed by atoms with Crippen LogP contribution in [0.4, 0.5) is 0 Å². The lowest BCUT2D eigenvalue weighted by Crippen LogP contribution is -2.32. The van der Waals surface area contributed by atoms with E-state index in [1.54, 1.807) is 6.07 Å². The number of halogens is 1. The molecule has 6 nitrogen and oxygen atoms in total. The van der Waals surface area contributed by atoms with E-state index in [0.717, 1.165) is 0 Å². The first-order chi connectivity index (χ1) is 9.40. The van der Waals surface area contributed by atoms with Crippen molar-refractivity contribution in [1.29, 1.82) is 0 Å². The summed E-state index contributed by atoms with van der Waals surface area (Å²) in [6, 6.07) is 2.93. The van der Waals surface area contributed by atoms with Crippen molar-refractivity contribution in [2.24, 2.45) is 5.73 Å². The monoisotopic (exact) mass is 364 g/mol. The SMILES string of the molecule is COc1cc(OC)c(S(=O)(=O)N2CC[C@H](N)C2)cc1Br. The number of nitrogens with zero attached hydrogens (tertiary/aromatic N) is 1. The molecule has 0 unspecified atom stereocenters. The summed E-state index contributed by atoms with van der Waals surface area (Å²) in [7, 11) is -0.684. The Hall–Kier alpha value is -0.830. The highest BCUT2D eigenvalue weighted by molar-refractivity contribution is 9.10. The van der Waals surface area contributed by atoms with Gasteiger partial charge in [0.1, 0.15) is 16.4 Å². The van der Waals surface area contributed by atoms with Crippen molar-refractivity contribution >= 4 is 26.0 Å². The van der Waals surface area contributed by atoms with Gasteiger partial charge in [-0.15, -0.1) is 0 Å². The number of methoxy groups -OCH3 is 2. The third-order valence-corrected chi connectivity index (χ3v) is 5.75. The molecule has 0 radical (unpaired) electrons. The number of rotatable bonds is 4. The number of hydrogen-bond donors (Lipinski definition) is 1. The van der Waals surface area contributed by atoms with Gasteiger partial charge >= 0.3 is 0 Å². The molecule has 1 saturated heterocycles. The smallest absolute Gasteiger partial charge is 0.246 e. The van der Waals surface area contributed by atoms with Crippen molar-refractivity contribution < 1.29 is 17.9 Å². The minimum atomic E-state index is -3.62. The van der Waals surface area contributed by atoms with Gasteiger partial charge in [0.05, 0.1) is 18.7 Å². The molecule has 1 atom stereocenters. The van der Waals surface area contributed by atoms with E-state index in [1.165, 1.54) is 24.6 Å². The highest BCUT2D eigenvalue weighted by Gasteiger charge is 2.33. The molecular weight excluding hydrogens is 348 g/mol. The third-order valence-electron chi connectivity index (χ3n) is 3.24. The Kier molecular flexibility index (Phi) is 4.58. The summed E-state index contributed by atoms with van der Waals surface area (Å²) in [5.41, 5.74) is 5.78. The second kappa shape index (κ2) is 5.88. The lowest BCUT2D eigenvalue weighted by Gasteiger charge is -2.19. The molecule has 1 aromatic carbocycles. The minimum Gasteiger partial charge on any atom is -0.495 e. The number of hydrogen-bond acceptors (Lipinski definition) is 5. The molecule has 1 fully saturated rings. The fourth-order valence-corrected chi connectivity index (χ4v) is 4.48. The molecule has 0 aliphatic carbocycles. The number of nitrogens with two attached hydrogens (primary N) is 1. The third kappa shape index (κ3) is 2.78. The van der Waals surface area contributed by atoms with E-state index in [9.17, 15) is 8.42 Å². The van der Waals surface area contributed by atoms with E-state index in [-0.39, 0.29) is 16.7 Å². The molecule has 1 aliphatic rings. The van der Waals surface area contributed by atoms with E-state index < -0.39 is 10.0 Å². The number of benzene rings is 1. The van der Waals surface area contributed by atoms with Gasteiger partial charge in [-0.25, -0.2) is 8.42 Å². The molecule has 2 rings (SSSR count). The molecular formula is C12H17BrN2O4S. The van der Waals surface area contributed by atoms with Crippen LogP contribution in [0.3, 0.4) is 0 Å². The standard InChI is InChI=1S/C12H17BrN2O4S/c1-18-10-6-11(19-2)12(5-9(10)13)20(16,17)15-4-3-8(14)7-15/h5-6,8H,3-4,7,14H2,1-2H3/t8-/m0/s1. The molecule has 0 aromatic heterocycles. The van der Waals surface area contributed by atoms with Crippen LogP contribution < -0.4 is 15.2 Å². The van der Waals surface area contributed by atoms with Gasteiger partial charge in [0.2, 0.25) is 10.0 Å². The molecule has 0 amide bonds.